The summed E-state index contributed by atoms with van der Waals surface area (Å²) in [4.78, 5) is 17.9. The second-order valence-corrected chi connectivity index (χ2v) is 5.05. The lowest BCUT2D eigenvalue weighted by Gasteiger charge is -2.26. The molecule has 1 aromatic rings. The van der Waals surface area contributed by atoms with Crippen LogP contribution in [-0.2, 0) is 7.05 Å². The van der Waals surface area contributed by atoms with Crippen molar-refractivity contribution in [3.05, 3.63) is 18.2 Å². The maximum absolute atomic E-state index is 12.1. The van der Waals surface area contributed by atoms with E-state index in [0.29, 0.717) is 11.7 Å². The normalized spacial score (nSPS) is 19.8. The number of amides is 1. The second kappa shape index (κ2) is 6.00. The number of nitrogens with one attached hydrogen (secondary N) is 1. The van der Waals surface area contributed by atoms with Crippen LogP contribution in [0.3, 0.4) is 0 Å². The maximum Gasteiger partial charge on any atom is 0.271 e. The molecule has 5 nitrogen and oxygen atoms in total. The third-order valence-electron chi connectivity index (χ3n) is 3.61. The Kier molecular flexibility index (Phi) is 4.36. The molecule has 1 saturated heterocycles. The summed E-state index contributed by atoms with van der Waals surface area (Å²) in [5, 5.41) is 3.50. The smallest absolute Gasteiger partial charge is 0.271 e. The van der Waals surface area contributed by atoms with Gasteiger partial charge in [0.1, 0.15) is 5.69 Å². The Morgan fingerprint density at radius 2 is 2.44 bits per heavy atom. The van der Waals surface area contributed by atoms with Crippen molar-refractivity contribution >= 4 is 5.91 Å². The molecule has 0 bridgehead atoms. The monoisotopic (exact) mass is 250 g/mol. The first kappa shape index (κ1) is 13.1. The molecule has 1 aliphatic heterocycles. The van der Waals surface area contributed by atoms with E-state index < -0.39 is 0 Å². The van der Waals surface area contributed by atoms with Gasteiger partial charge in [0.25, 0.3) is 5.91 Å². The summed E-state index contributed by atoms with van der Waals surface area (Å²) in [6.07, 6.45) is 8.12. The Hall–Kier alpha value is -1.36. The predicted octanol–water partition coefficient (Wildman–Crippen LogP) is 1.02. The van der Waals surface area contributed by atoms with Crippen LogP contribution in [0.25, 0.3) is 0 Å². The summed E-state index contributed by atoms with van der Waals surface area (Å²) in [6, 6.07) is 0.570. The second-order valence-electron chi connectivity index (χ2n) is 5.05. The number of aryl methyl sites for hydroxylation is 1. The third kappa shape index (κ3) is 3.10. The van der Waals surface area contributed by atoms with E-state index in [9.17, 15) is 4.79 Å². The summed E-state index contributed by atoms with van der Waals surface area (Å²) in [6.45, 7) is 1.91. The number of nitrogens with zero attached hydrogens (tertiary/aromatic N) is 3. The molecular formula is C13H22N4O. The van der Waals surface area contributed by atoms with Gasteiger partial charge in [0.2, 0.25) is 0 Å². The summed E-state index contributed by atoms with van der Waals surface area (Å²) >= 11 is 0. The Morgan fingerprint density at radius 1 is 1.61 bits per heavy atom. The van der Waals surface area contributed by atoms with E-state index in [4.69, 9.17) is 0 Å². The minimum atomic E-state index is 0.0470. The molecule has 18 heavy (non-hydrogen) atoms. The van der Waals surface area contributed by atoms with E-state index in [1.54, 1.807) is 22.0 Å². The van der Waals surface area contributed by atoms with Crippen LogP contribution in [0.15, 0.2) is 12.5 Å². The van der Waals surface area contributed by atoms with Crippen molar-refractivity contribution in [2.45, 2.75) is 31.7 Å². The van der Waals surface area contributed by atoms with Crippen molar-refractivity contribution in [1.29, 1.82) is 0 Å². The Morgan fingerprint density at radius 3 is 3.06 bits per heavy atom. The van der Waals surface area contributed by atoms with Crippen LogP contribution in [0, 0.1) is 0 Å². The van der Waals surface area contributed by atoms with Gasteiger partial charge < -0.3 is 14.8 Å². The van der Waals surface area contributed by atoms with Crippen LogP contribution >= 0.6 is 0 Å². The fourth-order valence-electron chi connectivity index (χ4n) is 2.38. The molecular weight excluding hydrogens is 228 g/mol. The van der Waals surface area contributed by atoms with Crippen molar-refractivity contribution < 1.29 is 4.79 Å². The number of hydrogen-bond donors (Lipinski definition) is 1. The lowest BCUT2D eigenvalue weighted by molar-refractivity contribution is 0.0778. The molecule has 1 fully saturated rings. The number of rotatable bonds is 4. The van der Waals surface area contributed by atoms with Crippen LogP contribution in [0.1, 0.15) is 36.2 Å². The van der Waals surface area contributed by atoms with Gasteiger partial charge in [0.05, 0.1) is 12.5 Å². The molecule has 0 spiro atoms. The van der Waals surface area contributed by atoms with E-state index >= 15 is 0 Å². The number of carbonyl (C=O) groups excluding carboxylic acids is 1. The van der Waals surface area contributed by atoms with Gasteiger partial charge in [-0.1, -0.05) is 6.42 Å². The summed E-state index contributed by atoms with van der Waals surface area (Å²) in [5.41, 5.74) is 0.647. The van der Waals surface area contributed by atoms with E-state index in [1.807, 2.05) is 14.1 Å². The molecule has 100 valence electrons. The predicted molar refractivity (Wildman–Crippen MR) is 70.4 cm³/mol. The standard InChI is InChI=1S/C13H22N4O/c1-16(8-6-11-5-3-4-7-15-11)13(18)12-9-14-10-17(12)2/h9-11,15H,3-8H2,1-2H3. The van der Waals surface area contributed by atoms with Crippen molar-refractivity contribution in [2.75, 3.05) is 20.1 Å². The van der Waals surface area contributed by atoms with Crippen LogP contribution < -0.4 is 5.32 Å². The number of carbonyl (C=O) groups is 1. The maximum atomic E-state index is 12.1. The first-order chi connectivity index (χ1) is 8.68. The highest BCUT2D eigenvalue weighted by Crippen LogP contribution is 2.11. The van der Waals surface area contributed by atoms with E-state index in [0.717, 1.165) is 19.5 Å². The Balaban J connectivity index is 1.82. The molecule has 0 saturated carbocycles. The number of imidazole rings is 1. The number of aromatic nitrogens is 2. The average Bonchev–Trinajstić information content (AvgIpc) is 2.82. The van der Waals surface area contributed by atoms with Crippen molar-refractivity contribution in [1.82, 2.24) is 19.8 Å². The average molecular weight is 250 g/mol. The first-order valence-corrected chi connectivity index (χ1v) is 6.63. The minimum absolute atomic E-state index is 0.0470. The zero-order valence-electron chi connectivity index (χ0n) is 11.2. The van der Waals surface area contributed by atoms with Crippen molar-refractivity contribution in [3.8, 4) is 0 Å². The molecule has 1 amide bonds. The molecule has 5 heteroatoms. The SMILES string of the molecule is CN(CCC1CCCCN1)C(=O)c1cncn1C. The third-order valence-corrected chi connectivity index (χ3v) is 3.61. The van der Waals surface area contributed by atoms with Gasteiger partial charge in [-0.05, 0) is 25.8 Å². The van der Waals surface area contributed by atoms with E-state index in [2.05, 4.69) is 10.3 Å². The Bertz CT molecular complexity index is 395. The molecule has 0 aromatic carbocycles. The van der Waals surface area contributed by atoms with Gasteiger partial charge in [0.15, 0.2) is 0 Å². The number of hydrogen-bond acceptors (Lipinski definition) is 3. The molecule has 1 aliphatic rings. The highest BCUT2D eigenvalue weighted by molar-refractivity contribution is 5.92. The van der Waals surface area contributed by atoms with Gasteiger partial charge in [-0.15, -0.1) is 0 Å². The van der Waals surface area contributed by atoms with Gasteiger partial charge in [-0.3, -0.25) is 4.79 Å². The van der Waals surface area contributed by atoms with Gasteiger partial charge in [-0.25, -0.2) is 4.98 Å². The van der Waals surface area contributed by atoms with Crippen LogP contribution in [0.4, 0.5) is 0 Å². The van der Waals surface area contributed by atoms with Gasteiger partial charge >= 0.3 is 0 Å². The van der Waals surface area contributed by atoms with Crippen LogP contribution in [0.5, 0.6) is 0 Å². The molecule has 1 N–H and O–H groups in total. The van der Waals surface area contributed by atoms with E-state index in [1.165, 1.54) is 19.3 Å². The summed E-state index contributed by atoms with van der Waals surface area (Å²) in [7, 11) is 3.70. The topological polar surface area (TPSA) is 50.2 Å². The quantitative estimate of drug-likeness (QED) is 0.868. The van der Waals surface area contributed by atoms with Gasteiger partial charge in [0, 0.05) is 26.7 Å². The minimum Gasteiger partial charge on any atom is -0.340 e. The van der Waals surface area contributed by atoms with Gasteiger partial charge in [-0.2, -0.15) is 0 Å². The molecule has 0 aliphatic carbocycles. The lowest BCUT2D eigenvalue weighted by atomic mass is 10.0. The summed E-state index contributed by atoms with van der Waals surface area (Å²) < 4.78 is 1.76. The zero-order chi connectivity index (χ0) is 13.0. The lowest BCUT2D eigenvalue weighted by Crippen LogP contribution is -2.38. The van der Waals surface area contributed by atoms with Crippen molar-refractivity contribution in [2.24, 2.45) is 7.05 Å². The number of piperidine rings is 1. The fourth-order valence-corrected chi connectivity index (χ4v) is 2.38. The highest BCUT2D eigenvalue weighted by atomic mass is 16.2. The zero-order valence-corrected chi connectivity index (χ0v) is 11.2. The Labute approximate surface area is 108 Å². The van der Waals surface area contributed by atoms with E-state index in [-0.39, 0.29) is 5.91 Å². The molecule has 1 unspecified atom stereocenters. The summed E-state index contributed by atoms with van der Waals surface area (Å²) in [5.74, 6) is 0.0470. The van der Waals surface area contributed by atoms with Crippen LogP contribution in [0.2, 0.25) is 0 Å². The molecule has 0 radical (unpaired) electrons. The molecule has 2 rings (SSSR count). The van der Waals surface area contributed by atoms with Crippen LogP contribution in [-0.4, -0.2) is 46.5 Å². The molecule has 1 atom stereocenters. The highest BCUT2D eigenvalue weighted by Gasteiger charge is 2.17. The molecule has 1 aromatic heterocycles. The van der Waals surface area contributed by atoms with Crippen molar-refractivity contribution in [3.63, 3.8) is 0 Å². The largest absolute Gasteiger partial charge is 0.340 e. The fraction of sp³-hybridized carbons (Fsp3) is 0.692. The molecule has 2 heterocycles. The first-order valence-electron chi connectivity index (χ1n) is 6.63.